The van der Waals surface area contributed by atoms with Gasteiger partial charge < -0.3 is 14.7 Å². The van der Waals surface area contributed by atoms with Gasteiger partial charge in [0, 0.05) is 6.54 Å². The van der Waals surface area contributed by atoms with Crippen LogP contribution in [0.5, 0.6) is 0 Å². The van der Waals surface area contributed by atoms with Gasteiger partial charge in [-0.2, -0.15) is 0 Å². The molecule has 7 heteroatoms. The van der Waals surface area contributed by atoms with E-state index >= 15 is 0 Å². The minimum Gasteiger partial charge on any atom is -0.303 e. The second-order valence-corrected chi connectivity index (χ2v) is 2.49. The van der Waals surface area contributed by atoms with E-state index in [2.05, 4.69) is 12.3 Å². The minimum absolute atomic E-state index is 0.917. The summed E-state index contributed by atoms with van der Waals surface area (Å²) in [5.41, 5.74) is 2.52. The fraction of sp³-hybridized carbons (Fsp3) is 1.00. The van der Waals surface area contributed by atoms with Crippen LogP contribution in [0.3, 0.4) is 0 Å². The van der Waals surface area contributed by atoms with Gasteiger partial charge in [-0.25, -0.2) is 4.57 Å². The maximum atomic E-state index is 8.88. The molecule has 0 aromatic rings. The normalized spacial score (nSPS) is 10.1. The summed E-state index contributed by atoms with van der Waals surface area (Å²) in [6.07, 6.45) is 1.11. The van der Waals surface area contributed by atoms with E-state index in [-0.39, 0.29) is 0 Å². The molecule has 6 N–H and O–H groups in total. The molecular formula is C3H13N2O4P. The Kier molecular flexibility index (Phi) is 9.06. The molecule has 0 radical (unpaired) electrons. The van der Waals surface area contributed by atoms with Crippen LogP contribution < -0.4 is 11.3 Å². The van der Waals surface area contributed by atoms with E-state index in [1.807, 2.05) is 0 Å². The number of hydrogen-bond donors (Lipinski definition) is 5. The lowest BCUT2D eigenvalue weighted by atomic mass is 10.5. The van der Waals surface area contributed by atoms with E-state index < -0.39 is 7.82 Å². The highest BCUT2D eigenvalue weighted by Gasteiger charge is 2.00. The van der Waals surface area contributed by atoms with Crippen molar-refractivity contribution in [3.05, 3.63) is 0 Å². The molecule has 10 heavy (non-hydrogen) atoms. The number of hydrogen-bond acceptors (Lipinski definition) is 3. The third-order valence-electron chi connectivity index (χ3n) is 0.394. The fourth-order valence-corrected chi connectivity index (χ4v) is 0.144. The Labute approximate surface area is 59.3 Å². The van der Waals surface area contributed by atoms with E-state index in [1.165, 1.54) is 0 Å². The van der Waals surface area contributed by atoms with E-state index in [4.69, 9.17) is 25.1 Å². The van der Waals surface area contributed by atoms with E-state index in [9.17, 15) is 0 Å². The first-order valence-electron chi connectivity index (χ1n) is 2.63. The zero-order valence-corrected chi connectivity index (χ0v) is 6.58. The number of rotatable bonds is 2. The molecule has 0 rings (SSSR count). The Hall–Kier alpha value is 0.0300. The van der Waals surface area contributed by atoms with Crippen LogP contribution in [-0.4, -0.2) is 21.2 Å². The summed E-state index contributed by atoms with van der Waals surface area (Å²) >= 11 is 0. The van der Waals surface area contributed by atoms with Crippen molar-refractivity contribution in [3.8, 4) is 0 Å². The Bertz CT molecular complexity index is 92.4. The van der Waals surface area contributed by atoms with Crippen LogP contribution in [0.25, 0.3) is 0 Å². The lowest BCUT2D eigenvalue weighted by Crippen LogP contribution is -2.21. The van der Waals surface area contributed by atoms with Crippen molar-refractivity contribution < 1.29 is 19.2 Å². The van der Waals surface area contributed by atoms with Gasteiger partial charge in [-0.3, -0.25) is 11.3 Å². The van der Waals surface area contributed by atoms with Gasteiger partial charge in [-0.05, 0) is 6.42 Å². The molecule has 64 valence electrons. The van der Waals surface area contributed by atoms with E-state index in [0.29, 0.717) is 0 Å². The Morgan fingerprint density at radius 2 is 1.80 bits per heavy atom. The minimum atomic E-state index is -4.64. The summed E-state index contributed by atoms with van der Waals surface area (Å²) < 4.78 is 8.88. The van der Waals surface area contributed by atoms with E-state index in [1.54, 1.807) is 0 Å². The predicted molar refractivity (Wildman–Crippen MR) is 36.7 cm³/mol. The SMILES string of the molecule is CCCNN.O=P(O)(O)O. The topological polar surface area (TPSA) is 116 Å². The molecule has 0 aliphatic heterocycles. The van der Waals surface area contributed by atoms with Gasteiger partial charge in [-0.15, -0.1) is 0 Å². The second kappa shape index (κ2) is 7.14. The molecule has 0 aromatic heterocycles. The van der Waals surface area contributed by atoms with Gasteiger partial charge in [0.05, 0.1) is 0 Å². The molecule has 0 saturated carbocycles. The molecule has 0 amide bonds. The summed E-state index contributed by atoms with van der Waals surface area (Å²) in [4.78, 5) is 21.6. The number of nitrogens with two attached hydrogens (primary N) is 1. The number of hydrazine groups is 1. The van der Waals surface area contributed by atoms with Crippen molar-refractivity contribution in [2.45, 2.75) is 13.3 Å². The van der Waals surface area contributed by atoms with Gasteiger partial charge >= 0.3 is 7.82 Å². The number of nitrogens with one attached hydrogen (secondary N) is 1. The Morgan fingerprint density at radius 3 is 1.80 bits per heavy atom. The molecule has 0 unspecified atom stereocenters. The van der Waals surface area contributed by atoms with Crippen LogP contribution in [0.4, 0.5) is 0 Å². The smallest absolute Gasteiger partial charge is 0.303 e. The zero-order valence-electron chi connectivity index (χ0n) is 5.69. The van der Waals surface area contributed by atoms with Crippen molar-refractivity contribution >= 4 is 7.82 Å². The quantitative estimate of drug-likeness (QED) is 0.206. The average Bonchev–Trinajstić information content (AvgIpc) is 1.63. The van der Waals surface area contributed by atoms with Gasteiger partial charge in [0.1, 0.15) is 0 Å². The van der Waals surface area contributed by atoms with Crippen molar-refractivity contribution in [2.75, 3.05) is 6.54 Å². The number of phosphoric acid groups is 1. The largest absolute Gasteiger partial charge is 0.466 e. The molecular weight excluding hydrogens is 159 g/mol. The molecule has 0 fully saturated rings. The highest BCUT2D eigenvalue weighted by atomic mass is 31.2. The van der Waals surface area contributed by atoms with Crippen LogP contribution in [0.15, 0.2) is 0 Å². The molecule has 0 atom stereocenters. The molecule has 6 nitrogen and oxygen atoms in total. The molecule has 0 saturated heterocycles. The van der Waals surface area contributed by atoms with Crippen LogP contribution in [0.2, 0.25) is 0 Å². The molecule has 0 aliphatic carbocycles. The van der Waals surface area contributed by atoms with E-state index in [0.717, 1.165) is 13.0 Å². The Morgan fingerprint density at radius 1 is 1.50 bits per heavy atom. The Balaban J connectivity index is 0. The van der Waals surface area contributed by atoms with Gasteiger partial charge in [0.15, 0.2) is 0 Å². The van der Waals surface area contributed by atoms with Crippen molar-refractivity contribution in [2.24, 2.45) is 5.84 Å². The first kappa shape index (κ1) is 12.7. The summed E-state index contributed by atoms with van der Waals surface area (Å²) in [6, 6.07) is 0. The zero-order chi connectivity index (χ0) is 8.62. The molecule has 0 spiro atoms. The molecule has 0 aromatic carbocycles. The lowest BCUT2D eigenvalue weighted by molar-refractivity contribution is 0.275. The summed E-state index contributed by atoms with van der Waals surface area (Å²) in [6.45, 7) is 2.99. The van der Waals surface area contributed by atoms with Crippen molar-refractivity contribution in [1.82, 2.24) is 5.43 Å². The molecule has 0 bridgehead atoms. The second-order valence-electron chi connectivity index (χ2n) is 1.47. The van der Waals surface area contributed by atoms with Gasteiger partial charge in [-0.1, -0.05) is 6.92 Å². The highest BCUT2D eigenvalue weighted by Crippen LogP contribution is 2.25. The van der Waals surface area contributed by atoms with Crippen LogP contribution in [-0.2, 0) is 4.57 Å². The monoisotopic (exact) mass is 172 g/mol. The standard InChI is InChI=1S/C3H10N2.H3O4P/c1-2-3-5-4;1-5(2,3)4/h5H,2-4H2,1H3;(H3,1,2,3,4). The first-order chi connectivity index (χ1) is 4.41. The maximum Gasteiger partial charge on any atom is 0.466 e. The summed E-state index contributed by atoms with van der Waals surface area (Å²) in [5.74, 6) is 4.89. The van der Waals surface area contributed by atoms with Crippen LogP contribution >= 0.6 is 7.82 Å². The van der Waals surface area contributed by atoms with Crippen LogP contribution in [0, 0.1) is 0 Å². The maximum absolute atomic E-state index is 8.88. The summed E-state index contributed by atoms with van der Waals surface area (Å²) in [5, 5.41) is 0. The molecule has 0 aliphatic rings. The van der Waals surface area contributed by atoms with Crippen molar-refractivity contribution in [1.29, 1.82) is 0 Å². The highest BCUT2D eigenvalue weighted by molar-refractivity contribution is 7.45. The van der Waals surface area contributed by atoms with Crippen LogP contribution in [0.1, 0.15) is 13.3 Å². The first-order valence-corrected chi connectivity index (χ1v) is 4.20. The van der Waals surface area contributed by atoms with Crippen molar-refractivity contribution in [3.63, 3.8) is 0 Å². The van der Waals surface area contributed by atoms with Gasteiger partial charge in [0.2, 0.25) is 0 Å². The average molecular weight is 172 g/mol. The summed E-state index contributed by atoms with van der Waals surface area (Å²) in [7, 11) is -4.64. The van der Waals surface area contributed by atoms with Gasteiger partial charge in [0.25, 0.3) is 0 Å². The fourth-order valence-electron chi connectivity index (χ4n) is 0.144. The predicted octanol–water partition coefficient (Wildman–Crippen LogP) is -1.07. The third-order valence-corrected chi connectivity index (χ3v) is 0.394. The third kappa shape index (κ3) is 96.3. The lowest BCUT2D eigenvalue weighted by Gasteiger charge is -1.85. The molecule has 0 heterocycles.